The maximum Gasteiger partial charge on any atom is 0.232 e. The van der Waals surface area contributed by atoms with Crippen LogP contribution >= 0.6 is 11.6 Å². The summed E-state index contributed by atoms with van der Waals surface area (Å²) in [4.78, 5) is 18.8. The molecule has 0 spiro atoms. The Hall–Kier alpha value is -2.27. The van der Waals surface area contributed by atoms with Gasteiger partial charge in [0.1, 0.15) is 5.75 Å². The highest BCUT2D eigenvalue weighted by Crippen LogP contribution is 2.36. The highest BCUT2D eigenvalue weighted by molar-refractivity contribution is 6.30. The van der Waals surface area contributed by atoms with E-state index in [1.165, 1.54) is 0 Å². The Bertz CT molecular complexity index is 734. The number of rotatable bonds is 3. The number of nitrogens with zero attached hydrogens (tertiary/aromatic N) is 2. The highest BCUT2D eigenvalue weighted by atomic mass is 35.5. The molecule has 1 aliphatic heterocycles. The minimum absolute atomic E-state index is 0.0760. The average Bonchev–Trinajstić information content (AvgIpc) is 2.54. The topological polar surface area (TPSA) is 54.5 Å². The second-order valence-electron chi connectivity index (χ2n) is 5.65. The molecular formula is C17H18ClN3O2. The summed E-state index contributed by atoms with van der Waals surface area (Å²) in [6, 6.07) is 7.25. The standard InChI is InChI=1S/C17H18ClN3O2/c1-21(2)15-5-7-19-10-14(15)20-17(22)12-6-8-23-16-4-3-11(18)9-13(12)16/h3-5,7,9-10,12H,6,8H2,1-2H3,(H,20,22). The van der Waals surface area contributed by atoms with Gasteiger partial charge in [-0.25, -0.2) is 0 Å². The molecule has 6 heteroatoms. The lowest BCUT2D eigenvalue weighted by Gasteiger charge is -2.26. The molecule has 1 amide bonds. The lowest BCUT2D eigenvalue weighted by atomic mass is 9.92. The molecule has 0 saturated heterocycles. The monoisotopic (exact) mass is 331 g/mol. The van der Waals surface area contributed by atoms with Crippen molar-refractivity contribution in [3.05, 3.63) is 47.2 Å². The Morgan fingerprint density at radius 2 is 2.22 bits per heavy atom. The van der Waals surface area contributed by atoms with Gasteiger partial charge in [-0.3, -0.25) is 9.78 Å². The molecule has 23 heavy (non-hydrogen) atoms. The average molecular weight is 332 g/mol. The third kappa shape index (κ3) is 3.24. The molecule has 1 atom stereocenters. The minimum atomic E-state index is -0.285. The van der Waals surface area contributed by atoms with Crippen molar-refractivity contribution in [3.8, 4) is 5.75 Å². The molecular weight excluding hydrogens is 314 g/mol. The fourth-order valence-electron chi connectivity index (χ4n) is 2.73. The van der Waals surface area contributed by atoms with Gasteiger partial charge in [0.15, 0.2) is 0 Å². The quantitative estimate of drug-likeness (QED) is 0.937. The largest absolute Gasteiger partial charge is 0.493 e. The molecule has 120 valence electrons. The van der Waals surface area contributed by atoms with Gasteiger partial charge in [-0.2, -0.15) is 0 Å². The number of hydrogen-bond donors (Lipinski definition) is 1. The van der Waals surface area contributed by atoms with E-state index in [0.29, 0.717) is 23.7 Å². The highest BCUT2D eigenvalue weighted by Gasteiger charge is 2.28. The number of halogens is 1. The first kappa shape index (κ1) is 15.6. The predicted octanol–water partition coefficient (Wildman–Crippen LogP) is 3.31. The van der Waals surface area contributed by atoms with E-state index in [1.54, 1.807) is 24.5 Å². The Labute approximate surface area is 140 Å². The van der Waals surface area contributed by atoms with E-state index >= 15 is 0 Å². The van der Waals surface area contributed by atoms with E-state index in [-0.39, 0.29) is 11.8 Å². The first-order valence-electron chi connectivity index (χ1n) is 7.40. The molecule has 0 saturated carbocycles. The van der Waals surface area contributed by atoms with Gasteiger partial charge in [0.05, 0.1) is 30.1 Å². The summed E-state index contributed by atoms with van der Waals surface area (Å²) in [5.74, 6) is 0.361. The van der Waals surface area contributed by atoms with Crippen LogP contribution in [-0.4, -0.2) is 31.6 Å². The molecule has 0 aliphatic carbocycles. The zero-order valence-electron chi connectivity index (χ0n) is 13.0. The van der Waals surface area contributed by atoms with Crippen molar-refractivity contribution in [3.63, 3.8) is 0 Å². The molecule has 1 unspecified atom stereocenters. The second kappa shape index (κ2) is 6.46. The summed E-state index contributed by atoms with van der Waals surface area (Å²) >= 11 is 6.07. The first-order chi connectivity index (χ1) is 11.1. The summed E-state index contributed by atoms with van der Waals surface area (Å²) in [6.07, 6.45) is 3.98. The van der Waals surface area contributed by atoms with Crippen LogP contribution in [0.2, 0.25) is 5.02 Å². The third-order valence-corrected chi connectivity index (χ3v) is 4.10. The van der Waals surface area contributed by atoms with Crippen LogP contribution in [0.5, 0.6) is 5.75 Å². The number of ether oxygens (including phenoxy) is 1. The Kier molecular flexibility index (Phi) is 4.39. The van der Waals surface area contributed by atoms with Gasteiger partial charge in [-0.15, -0.1) is 0 Å². The van der Waals surface area contributed by atoms with Crippen molar-refractivity contribution in [1.29, 1.82) is 0 Å². The zero-order chi connectivity index (χ0) is 16.4. The Morgan fingerprint density at radius 3 is 3.00 bits per heavy atom. The van der Waals surface area contributed by atoms with Gasteiger partial charge in [0.25, 0.3) is 0 Å². The predicted molar refractivity (Wildman–Crippen MR) is 91.5 cm³/mol. The summed E-state index contributed by atoms with van der Waals surface area (Å²) in [5.41, 5.74) is 2.43. The van der Waals surface area contributed by atoms with Crippen molar-refractivity contribution in [1.82, 2.24) is 4.98 Å². The molecule has 1 aliphatic rings. The fourth-order valence-corrected chi connectivity index (χ4v) is 2.91. The summed E-state index contributed by atoms with van der Waals surface area (Å²) in [5, 5.41) is 3.58. The van der Waals surface area contributed by atoms with Gasteiger partial charge in [0, 0.05) is 30.9 Å². The van der Waals surface area contributed by atoms with Crippen LogP contribution in [0.15, 0.2) is 36.7 Å². The number of carbonyl (C=O) groups is 1. The molecule has 3 rings (SSSR count). The normalized spacial score (nSPS) is 16.2. The second-order valence-corrected chi connectivity index (χ2v) is 6.08. The van der Waals surface area contributed by atoms with Crippen molar-refractivity contribution in [2.75, 3.05) is 30.9 Å². The Morgan fingerprint density at radius 1 is 1.39 bits per heavy atom. The first-order valence-corrected chi connectivity index (χ1v) is 7.78. The SMILES string of the molecule is CN(C)c1ccncc1NC(=O)C1CCOc2ccc(Cl)cc21. The minimum Gasteiger partial charge on any atom is -0.493 e. The van der Waals surface area contributed by atoms with Crippen LogP contribution in [0, 0.1) is 0 Å². The van der Waals surface area contributed by atoms with Crippen LogP contribution in [0.4, 0.5) is 11.4 Å². The summed E-state index contributed by atoms with van der Waals surface area (Å²) in [6.45, 7) is 0.514. The van der Waals surface area contributed by atoms with Crippen molar-refractivity contribution < 1.29 is 9.53 Å². The van der Waals surface area contributed by atoms with Gasteiger partial charge < -0.3 is 15.0 Å². The third-order valence-electron chi connectivity index (χ3n) is 3.87. The number of hydrogen-bond acceptors (Lipinski definition) is 4. The number of carbonyl (C=O) groups excluding carboxylic acids is 1. The van der Waals surface area contributed by atoms with Crippen LogP contribution < -0.4 is 15.0 Å². The molecule has 1 aromatic heterocycles. The number of pyridine rings is 1. The number of anilines is 2. The Balaban J connectivity index is 1.87. The van der Waals surface area contributed by atoms with Gasteiger partial charge in [0.2, 0.25) is 5.91 Å². The number of fused-ring (bicyclic) bond motifs is 1. The van der Waals surface area contributed by atoms with Crippen molar-refractivity contribution in [2.45, 2.75) is 12.3 Å². The van der Waals surface area contributed by atoms with Crippen molar-refractivity contribution in [2.24, 2.45) is 0 Å². The molecule has 2 aromatic rings. The summed E-state index contributed by atoms with van der Waals surface area (Å²) in [7, 11) is 3.85. The van der Waals surface area contributed by atoms with E-state index in [1.807, 2.05) is 31.1 Å². The smallest absolute Gasteiger partial charge is 0.232 e. The number of aromatic nitrogens is 1. The van der Waals surface area contributed by atoms with E-state index in [4.69, 9.17) is 16.3 Å². The molecule has 5 nitrogen and oxygen atoms in total. The zero-order valence-corrected chi connectivity index (χ0v) is 13.8. The number of amides is 1. The van der Waals surface area contributed by atoms with Gasteiger partial charge in [-0.1, -0.05) is 11.6 Å². The number of nitrogens with one attached hydrogen (secondary N) is 1. The van der Waals surface area contributed by atoms with E-state index in [2.05, 4.69) is 10.3 Å². The lowest BCUT2D eigenvalue weighted by Crippen LogP contribution is -2.27. The van der Waals surface area contributed by atoms with Gasteiger partial charge >= 0.3 is 0 Å². The molecule has 0 bridgehead atoms. The molecule has 2 heterocycles. The van der Waals surface area contributed by atoms with E-state index in [0.717, 1.165) is 17.0 Å². The maximum atomic E-state index is 12.8. The molecule has 1 aromatic carbocycles. The van der Waals surface area contributed by atoms with Crippen LogP contribution in [0.1, 0.15) is 17.9 Å². The summed E-state index contributed by atoms with van der Waals surface area (Å²) < 4.78 is 5.61. The van der Waals surface area contributed by atoms with E-state index < -0.39 is 0 Å². The molecule has 0 fully saturated rings. The molecule has 1 N–H and O–H groups in total. The van der Waals surface area contributed by atoms with E-state index in [9.17, 15) is 4.79 Å². The van der Waals surface area contributed by atoms with Crippen LogP contribution in [0.25, 0.3) is 0 Å². The van der Waals surface area contributed by atoms with Crippen LogP contribution in [0.3, 0.4) is 0 Å². The van der Waals surface area contributed by atoms with Crippen LogP contribution in [-0.2, 0) is 4.79 Å². The maximum absolute atomic E-state index is 12.8. The fraction of sp³-hybridized carbons (Fsp3) is 0.294. The lowest BCUT2D eigenvalue weighted by molar-refractivity contribution is -0.118. The molecule has 0 radical (unpaired) electrons. The van der Waals surface area contributed by atoms with Gasteiger partial charge in [-0.05, 0) is 30.7 Å². The van der Waals surface area contributed by atoms with Crippen molar-refractivity contribution >= 4 is 28.9 Å². The number of benzene rings is 1.